The van der Waals surface area contributed by atoms with Gasteiger partial charge in [-0.1, -0.05) is 12.1 Å². The van der Waals surface area contributed by atoms with Gasteiger partial charge >= 0.3 is 0 Å². The van der Waals surface area contributed by atoms with Crippen molar-refractivity contribution in [2.24, 2.45) is 5.92 Å². The summed E-state index contributed by atoms with van der Waals surface area (Å²) in [6.45, 7) is 3.76. The van der Waals surface area contributed by atoms with Crippen LogP contribution in [0.5, 0.6) is 11.5 Å². The molecule has 0 saturated carbocycles. The Labute approximate surface area is 193 Å². The Hall–Kier alpha value is -3.11. The second kappa shape index (κ2) is 9.03. The number of hydrogen-bond acceptors (Lipinski definition) is 6. The number of para-hydroxylation sites is 2. The summed E-state index contributed by atoms with van der Waals surface area (Å²) in [5, 5.41) is 5.61. The lowest BCUT2D eigenvalue weighted by Crippen LogP contribution is -2.41. The van der Waals surface area contributed by atoms with Gasteiger partial charge in [0.05, 0.1) is 23.4 Å². The summed E-state index contributed by atoms with van der Waals surface area (Å²) in [4.78, 5) is 24.7. The van der Waals surface area contributed by atoms with Crippen LogP contribution in [0.2, 0.25) is 0 Å². The first-order chi connectivity index (χ1) is 15.7. The second-order valence-corrected chi connectivity index (χ2v) is 10.1. The number of benzene rings is 2. The van der Waals surface area contributed by atoms with Crippen molar-refractivity contribution in [1.82, 2.24) is 4.31 Å². The first-order valence-corrected chi connectivity index (χ1v) is 12.2. The molecular formula is C23H27N3O6S. The molecule has 0 aliphatic carbocycles. The van der Waals surface area contributed by atoms with Crippen LogP contribution < -0.4 is 20.1 Å². The van der Waals surface area contributed by atoms with Crippen molar-refractivity contribution in [2.45, 2.75) is 37.7 Å². The molecule has 9 nitrogen and oxygen atoms in total. The number of carbonyl (C=O) groups excluding carboxylic acids is 2. The normalized spacial score (nSPS) is 19.2. The van der Waals surface area contributed by atoms with Crippen LogP contribution in [-0.2, 0) is 19.6 Å². The number of hydrogen-bond donors (Lipinski definition) is 2. The van der Waals surface area contributed by atoms with E-state index in [-0.39, 0.29) is 35.7 Å². The Kier molecular flexibility index (Phi) is 6.31. The largest absolute Gasteiger partial charge is 0.495 e. The van der Waals surface area contributed by atoms with Crippen LogP contribution in [0.15, 0.2) is 41.3 Å². The molecule has 33 heavy (non-hydrogen) atoms. The van der Waals surface area contributed by atoms with Gasteiger partial charge in [0.1, 0.15) is 11.5 Å². The number of amides is 2. The van der Waals surface area contributed by atoms with Gasteiger partial charge in [0.15, 0.2) is 6.10 Å². The number of fused-ring (bicyclic) bond motifs is 1. The maximum Gasteiger partial charge on any atom is 0.265 e. The summed E-state index contributed by atoms with van der Waals surface area (Å²) < 4.78 is 39.0. The summed E-state index contributed by atoms with van der Waals surface area (Å²) in [5.74, 6) is 0.176. The van der Waals surface area contributed by atoms with Crippen molar-refractivity contribution in [3.8, 4) is 11.5 Å². The molecule has 2 aromatic rings. The maximum absolute atomic E-state index is 13.4. The molecule has 0 unspecified atom stereocenters. The van der Waals surface area contributed by atoms with Crippen molar-refractivity contribution >= 4 is 33.2 Å². The van der Waals surface area contributed by atoms with E-state index in [0.717, 1.165) is 0 Å². The average molecular weight is 474 g/mol. The number of methoxy groups -OCH3 is 1. The van der Waals surface area contributed by atoms with Gasteiger partial charge in [-0.15, -0.1) is 0 Å². The van der Waals surface area contributed by atoms with Crippen molar-refractivity contribution < 1.29 is 27.5 Å². The number of sulfonamides is 1. The summed E-state index contributed by atoms with van der Waals surface area (Å²) in [7, 11) is -2.25. The molecule has 2 aliphatic heterocycles. The first kappa shape index (κ1) is 23.1. The zero-order valence-electron chi connectivity index (χ0n) is 18.8. The van der Waals surface area contributed by atoms with Crippen molar-refractivity contribution in [2.75, 3.05) is 30.8 Å². The van der Waals surface area contributed by atoms with E-state index >= 15 is 0 Å². The van der Waals surface area contributed by atoms with Gasteiger partial charge in [-0.3, -0.25) is 9.59 Å². The number of aryl methyl sites for hydroxylation is 1. The van der Waals surface area contributed by atoms with Crippen LogP contribution in [0.3, 0.4) is 0 Å². The quantitative estimate of drug-likeness (QED) is 0.690. The van der Waals surface area contributed by atoms with E-state index < -0.39 is 16.1 Å². The van der Waals surface area contributed by atoms with E-state index in [1.54, 1.807) is 32.0 Å². The van der Waals surface area contributed by atoms with Crippen LogP contribution in [0, 0.1) is 12.8 Å². The third-order valence-corrected chi connectivity index (χ3v) is 8.06. The second-order valence-electron chi connectivity index (χ2n) is 8.23. The number of nitrogens with one attached hydrogen (secondary N) is 2. The minimum atomic E-state index is -3.79. The van der Waals surface area contributed by atoms with Gasteiger partial charge in [0, 0.05) is 25.1 Å². The molecule has 176 valence electrons. The lowest BCUT2D eigenvalue weighted by molar-refractivity contribution is -0.123. The lowest BCUT2D eigenvalue weighted by atomic mass is 9.97. The van der Waals surface area contributed by atoms with Gasteiger partial charge in [-0.2, -0.15) is 4.31 Å². The first-order valence-electron chi connectivity index (χ1n) is 10.8. The van der Waals surface area contributed by atoms with Crippen LogP contribution in [0.25, 0.3) is 0 Å². The average Bonchev–Trinajstić information content (AvgIpc) is 2.80. The molecule has 1 atom stereocenters. The standard InChI is InChI=1S/C23H27N3O6S/c1-14-12-18-20(32-15(2)22(27)25-18)13-21(14)33(29,30)26-10-8-16(9-11-26)23(28)24-17-6-4-5-7-19(17)31-3/h4-7,12-13,15-16H,8-11H2,1-3H3,(H,24,28)(H,25,27)/t15-/m1/s1. The number of piperidine rings is 1. The molecule has 0 radical (unpaired) electrons. The molecule has 2 N–H and O–H groups in total. The number of nitrogens with zero attached hydrogens (tertiary/aromatic N) is 1. The molecule has 2 amide bonds. The molecule has 2 heterocycles. The monoisotopic (exact) mass is 473 g/mol. The van der Waals surface area contributed by atoms with Crippen molar-refractivity contribution in [3.63, 3.8) is 0 Å². The van der Waals surface area contributed by atoms with Gasteiger partial charge < -0.3 is 20.1 Å². The Morgan fingerprint density at radius 2 is 1.91 bits per heavy atom. The molecule has 10 heteroatoms. The third kappa shape index (κ3) is 4.53. The summed E-state index contributed by atoms with van der Waals surface area (Å²) in [6.07, 6.45) is 0.120. The molecule has 0 bridgehead atoms. The molecular weight excluding hydrogens is 446 g/mol. The van der Waals surface area contributed by atoms with Crippen molar-refractivity contribution in [3.05, 3.63) is 42.0 Å². The summed E-state index contributed by atoms with van der Waals surface area (Å²) in [5.41, 5.74) is 1.57. The predicted molar refractivity (Wildman–Crippen MR) is 123 cm³/mol. The van der Waals surface area contributed by atoms with E-state index in [0.29, 0.717) is 41.3 Å². The van der Waals surface area contributed by atoms with E-state index in [1.807, 2.05) is 12.1 Å². The third-order valence-electron chi connectivity index (χ3n) is 6.02. The molecule has 0 spiro atoms. The number of carbonyl (C=O) groups is 2. The number of ether oxygens (including phenoxy) is 2. The summed E-state index contributed by atoms with van der Waals surface area (Å²) in [6, 6.07) is 10.2. The minimum absolute atomic E-state index is 0.140. The fraction of sp³-hybridized carbons (Fsp3) is 0.391. The molecule has 2 aliphatic rings. The Bertz CT molecular complexity index is 1190. The maximum atomic E-state index is 13.4. The topological polar surface area (TPSA) is 114 Å². The zero-order valence-corrected chi connectivity index (χ0v) is 19.6. The highest BCUT2D eigenvalue weighted by Gasteiger charge is 2.34. The molecule has 1 saturated heterocycles. The highest BCUT2D eigenvalue weighted by Crippen LogP contribution is 2.36. The predicted octanol–water partition coefficient (Wildman–Crippen LogP) is 2.76. The lowest BCUT2D eigenvalue weighted by Gasteiger charge is -2.31. The number of anilines is 2. The Balaban J connectivity index is 1.46. The molecule has 4 rings (SSSR count). The highest BCUT2D eigenvalue weighted by molar-refractivity contribution is 7.89. The molecule has 2 aromatic carbocycles. The molecule has 1 fully saturated rings. The van der Waals surface area contributed by atoms with Crippen LogP contribution in [0.1, 0.15) is 25.3 Å². The fourth-order valence-electron chi connectivity index (χ4n) is 4.10. The van der Waals surface area contributed by atoms with Gasteiger partial charge in [-0.05, 0) is 50.5 Å². The van der Waals surface area contributed by atoms with Gasteiger partial charge in [0.25, 0.3) is 5.91 Å². The van der Waals surface area contributed by atoms with Gasteiger partial charge in [-0.25, -0.2) is 8.42 Å². The highest BCUT2D eigenvalue weighted by atomic mass is 32.2. The minimum Gasteiger partial charge on any atom is -0.495 e. The Morgan fingerprint density at radius 3 is 2.61 bits per heavy atom. The SMILES string of the molecule is COc1ccccc1NC(=O)C1CCN(S(=O)(=O)c2cc3c(cc2C)NC(=O)[C@@H](C)O3)CC1. The van der Waals surface area contributed by atoms with E-state index in [2.05, 4.69) is 10.6 Å². The van der Waals surface area contributed by atoms with Crippen LogP contribution >= 0.6 is 0 Å². The zero-order chi connectivity index (χ0) is 23.8. The van der Waals surface area contributed by atoms with E-state index in [4.69, 9.17) is 9.47 Å². The smallest absolute Gasteiger partial charge is 0.265 e. The van der Waals surface area contributed by atoms with Gasteiger partial charge in [0.2, 0.25) is 15.9 Å². The van der Waals surface area contributed by atoms with E-state index in [1.165, 1.54) is 17.5 Å². The molecule has 0 aromatic heterocycles. The van der Waals surface area contributed by atoms with E-state index in [9.17, 15) is 18.0 Å². The van der Waals surface area contributed by atoms with Crippen LogP contribution in [-0.4, -0.2) is 50.8 Å². The Morgan fingerprint density at radius 1 is 1.21 bits per heavy atom. The van der Waals surface area contributed by atoms with Crippen LogP contribution in [0.4, 0.5) is 11.4 Å². The van der Waals surface area contributed by atoms with Crippen molar-refractivity contribution in [1.29, 1.82) is 0 Å². The number of rotatable bonds is 5. The fourth-order valence-corrected chi connectivity index (χ4v) is 5.79. The summed E-state index contributed by atoms with van der Waals surface area (Å²) >= 11 is 0.